The third kappa shape index (κ3) is 4.33. The molecule has 0 bridgehead atoms. The maximum atomic E-state index is 6.18. The average Bonchev–Trinajstić information content (AvgIpc) is 3.62. The molecule has 0 saturated carbocycles. The first-order valence-electron chi connectivity index (χ1n) is 15.8. The number of para-hydroxylation sites is 6. The molecule has 0 radical (unpaired) electrons. The van der Waals surface area contributed by atoms with Crippen LogP contribution in [0.2, 0.25) is 0 Å². The van der Waals surface area contributed by atoms with Crippen molar-refractivity contribution in [3.05, 3.63) is 163 Å². The Kier molecular flexibility index (Phi) is 6.05. The molecule has 6 heteroatoms. The van der Waals surface area contributed by atoms with Crippen LogP contribution in [-0.4, -0.2) is 15.0 Å². The molecule has 1 aromatic heterocycles. The van der Waals surface area contributed by atoms with E-state index in [9.17, 15) is 0 Å². The minimum absolute atomic E-state index is 0.0872. The van der Waals surface area contributed by atoms with E-state index in [2.05, 4.69) is 143 Å². The molecule has 0 amide bonds. The van der Waals surface area contributed by atoms with Crippen molar-refractivity contribution in [3.63, 3.8) is 0 Å². The normalized spacial score (nSPS) is 14.0. The van der Waals surface area contributed by atoms with Gasteiger partial charge in [-0.15, -0.1) is 5.10 Å². The fourth-order valence-electron chi connectivity index (χ4n) is 6.99. The van der Waals surface area contributed by atoms with E-state index < -0.39 is 0 Å². The first kappa shape index (κ1) is 27.2. The molecule has 0 aliphatic carbocycles. The van der Waals surface area contributed by atoms with Gasteiger partial charge in [-0.25, -0.2) is 4.68 Å². The molecule has 2 aliphatic rings. The van der Waals surface area contributed by atoms with Crippen LogP contribution in [0.15, 0.2) is 152 Å². The van der Waals surface area contributed by atoms with Gasteiger partial charge in [-0.3, -0.25) is 0 Å². The average molecular weight is 610 g/mol. The number of benzene rings is 6. The minimum Gasteiger partial charge on any atom is -0.453 e. The highest BCUT2D eigenvalue weighted by atomic mass is 16.5. The molecular formula is C41H31N5O. The first-order chi connectivity index (χ1) is 23.1. The Morgan fingerprint density at radius 3 is 1.51 bits per heavy atom. The van der Waals surface area contributed by atoms with E-state index in [1.165, 1.54) is 22.5 Å². The number of anilines is 6. The van der Waals surface area contributed by atoms with Gasteiger partial charge in [-0.05, 0) is 83.9 Å². The number of fused-ring (bicyclic) bond motifs is 4. The fraction of sp³-hybridized carbons (Fsp3) is 0.0732. The highest BCUT2D eigenvalue weighted by Crippen LogP contribution is 2.52. The van der Waals surface area contributed by atoms with Crippen molar-refractivity contribution in [2.45, 2.75) is 19.3 Å². The SMILES string of the molecule is CC1(C)c2ccccc2N(c2ccc(-n3cc(-c4ccc(N5c6ccccc6Oc6ccccc65)cc4)nn3)cc2)c2ccccc21. The van der Waals surface area contributed by atoms with Crippen LogP contribution in [0, 0.1) is 0 Å². The van der Waals surface area contributed by atoms with Crippen LogP contribution in [-0.2, 0) is 5.41 Å². The van der Waals surface area contributed by atoms with E-state index in [0.29, 0.717) is 0 Å². The Morgan fingerprint density at radius 2 is 0.936 bits per heavy atom. The smallest absolute Gasteiger partial charge is 0.151 e. The summed E-state index contributed by atoms with van der Waals surface area (Å²) in [7, 11) is 0. The third-order valence-corrected chi connectivity index (χ3v) is 9.36. The lowest BCUT2D eigenvalue weighted by Gasteiger charge is -2.42. The zero-order valence-electron chi connectivity index (χ0n) is 26.1. The molecule has 6 nitrogen and oxygen atoms in total. The van der Waals surface area contributed by atoms with Crippen LogP contribution in [0.3, 0.4) is 0 Å². The lowest BCUT2D eigenvalue weighted by molar-refractivity contribution is 0.477. The topological polar surface area (TPSA) is 46.4 Å². The molecule has 0 fully saturated rings. The summed E-state index contributed by atoms with van der Waals surface area (Å²) in [6, 6.07) is 50.6. The van der Waals surface area contributed by atoms with Crippen molar-refractivity contribution in [3.8, 4) is 28.4 Å². The van der Waals surface area contributed by atoms with E-state index in [0.717, 1.165) is 51.2 Å². The Morgan fingerprint density at radius 1 is 0.489 bits per heavy atom. The lowest BCUT2D eigenvalue weighted by atomic mass is 9.73. The summed E-state index contributed by atoms with van der Waals surface area (Å²) < 4.78 is 8.02. The zero-order chi connectivity index (χ0) is 31.5. The molecule has 47 heavy (non-hydrogen) atoms. The molecule has 0 unspecified atom stereocenters. The maximum absolute atomic E-state index is 6.18. The van der Waals surface area contributed by atoms with Gasteiger partial charge in [0.2, 0.25) is 0 Å². The van der Waals surface area contributed by atoms with E-state index in [4.69, 9.17) is 4.74 Å². The molecule has 226 valence electrons. The minimum atomic E-state index is -0.0872. The van der Waals surface area contributed by atoms with Gasteiger partial charge in [0, 0.05) is 22.4 Å². The second-order valence-corrected chi connectivity index (χ2v) is 12.5. The van der Waals surface area contributed by atoms with Crippen LogP contribution in [0.5, 0.6) is 11.5 Å². The number of rotatable bonds is 4. The molecule has 0 saturated heterocycles. The van der Waals surface area contributed by atoms with Gasteiger partial charge in [0.1, 0.15) is 5.69 Å². The van der Waals surface area contributed by atoms with Crippen molar-refractivity contribution >= 4 is 34.1 Å². The second kappa shape index (κ2) is 10.5. The molecular weight excluding hydrogens is 578 g/mol. The number of hydrogen-bond donors (Lipinski definition) is 0. The summed E-state index contributed by atoms with van der Waals surface area (Å²) in [5.74, 6) is 1.67. The highest BCUT2D eigenvalue weighted by molar-refractivity contribution is 5.87. The Labute approximate surface area is 273 Å². The van der Waals surface area contributed by atoms with Gasteiger partial charge in [-0.2, -0.15) is 0 Å². The molecule has 7 aromatic rings. The molecule has 9 rings (SSSR count). The predicted molar refractivity (Wildman–Crippen MR) is 188 cm³/mol. The van der Waals surface area contributed by atoms with Gasteiger partial charge in [0.05, 0.1) is 34.6 Å². The largest absolute Gasteiger partial charge is 0.453 e. The number of hydrogen-bond acceptors (Lipinski definition) is 5. The Balaban J connectivity index is 1.01. The molecule has 3 heterocycles. The summed E-state index contributed by atoms with van der Waals surface area (Å²) in [6.45, 7) is 4.61. The summed E-state index contributed by atoms with van der Waals surface area (Å²) >= 11 is 0. The van der Waals surface area contributed by atoms with Crippen molar-refractivity contribution in [1.82, 2.24) is 15.0 Å². The first-order valence-corrected chi connectivity index (χ1v) is 15.8. The summed E-state index contributed by atoms with van der Waals surface area (Å²) in [6.07, 6.45) is 1.98. The van der Waals surface area contributed by atoms with Crippen LogP contribution in [0.1, 0.15) is 25.0 Å². The van der Waals surface area contributed by atoms with Crippen LogP contribution < -0.4 is 14.5 Å². The van der Waals surface area contributed by atoms with E-state index in [1.807, 2.05) is 47.3 Å². The van der Waals surface area contributed by atoms with Crippen LogP contribution >= 0.6 is 0 Å². The number of ether oxygens (including phenoxy) is 1. The Hall–Kier alpha value is -6.14. The van der Waals surface area contributed by atoms with Gasteiger partial charge >= 0.3 is 0 Å². The van der Waals surface area contributed by atoms with Crippen molar-refractivity contribution in [2.75, 3.05) is 9.80 Å². The van der Waals surface area contributed by atoms with Crippen molar-refractivity contribution in [2.24, 2.45) is 0 Å². The lowest BCUT2D eigenvalue weighted by Crippen LogP contribution is -2.30. The van der Waals surface area contributed by atoms with Gasteiger partial charge in [-0.1, -0.05) is 91.9 Å². The third-order valence-electron chi connectivity index (χ3n) is 9.36. The highest BCUT2D eigenvalue weighted by Gasteiger charge is 2.36. The van der Waals surface area contributed by atoms with Gasteiger partial charge < -0.3 is 14.5 Å². The Bertz CT molecular complexity index is 2170. The number of nitrogens with zero attached hydrogens (tertiary/aromatic N) is 5. The standard InChI is InChI=1S/C41H31N5O/c1-41(2)32-11-3-5-13-35(32)45(36-14-6-4-12-33(36)41)31-25-23-29(24-26-31)44-27-34(42-43-44)28-19-21-30(22-20-28)46-37-15-7-9-17-39(37)47-40-18-10-8-16-38(40)46/h3-27H,1-2H3. The van der Waals surface area contributed by atoms with Crippen molar-refractivity contribution < 1.29 is 4.74 Å². The van der Waals surface area contributed by atoms with Gasteiger partial charge in [0.15, 0.2) is 11.5 Å². The molecule has 0 atom stereocenters. The van der Waals surface area contributed by atoms with Crippen LogP contribution in [0.4, 0.5) is 34.1 Å². The maximum Gasteiger partial charge on any atom is 0.151 e. The summed E-state index contributed by atoms with van der Waals surface area (Å²) in [5.41, 5.74) is 11.9. The van der Waals surface area contributed by atoms with E-state index in [-0.39, 0.29) is 5.41 Å². The summed E-state index contributed by atoms with van der Waals surface area (Å²) in [5, 5.41) is 9.03. The molecule has 0 N–H and O–H groups in total. The molecule has 6 aromatic carbocycles. The van der Waals surface area contributed by atoms with E-state index in [1.54, 1.807) is 0 Å². The van der Waals surface area contributed by atoms with E-state index >= 15 is 0 Å². The molecule has 2 aliphatic heterocycles. The number of aromatic nitrogens is 3. The van der Waals surface area contributed by atoms with Crippen LogP contribution in [0.25, 0.3) is 16.9 Å². The van der Waals surface area contributed by atoms with Gasteiger partial charge in [0.25, 0.3) is 0 Å². The zero-order valence-corrected chi connectivity index (χ0v) is 26.1. The fourth-order valence-corrected chi connectivity index (χ4v) is 6.99. The summed E-state index contributed by atoms with van der Waals surface area (Å²) in [4.78, 5) is 4.59. The molecule has 0 spiro atoms. The second-order valence-electron chi connectivity index (χ2n) is 12.5. The van der Waals surface area contributed by atoms with Crippen molar-refractivity contribution in [1.29, 1.82) is 0 Å². The monoisotopic (exact) mass is 609 g/mol. The predicted octanol–water partition coefficient (Wildman–Crippen LogP) is 10.6. The quantitative estimate of drug-likeness (QED) is 0.199.